The third-order valence-electron chi connectivity index (χ3n) is 4.75. The molecule has 0 aliphatic rings. The van der Waals surface area contributed by atoms with Gasteiger partial charge in [-0.3, -0.25) is 9.36 Å². The summed E-state index contributed by atoms with van der Waals surface area (Å²) in [6.07, 6.45) is 22.4. The van der Waals surface area contributed by atoms with Gasteiger partial charge in [0.2, 0.25) is 7.37 Å². The lowest BCUT2D eigenvalue weighted by atomic mass is 10.1. The second kappa shape index (κ2) is 18.7. The predicted molar refractivity (Wildman–Crippen MR) is 116 cm³/mol. The van der Waals surface area contributed by atoms with Crippen LogP contribution >= 0.6 is 7.37 Å². The summed E-state index contributed by atoms with van der Waals surface area (Å²) in [6, 6.07) is 0. The third-order valence-corrected chi connectivity index (χ3v) is 6.52. The lowest BCUT2D eigenvalue weighted by Gasteiger charge is -2.12. The fourth-order valence-electron chi connectivity index (χ4n) is 2.97. The molecule has 0 saturated heterocycles. The van der Waals surface area contributed by atoms with Crippen LogP contribution in [0.5, 0.6) is 0 Å². The third kappa shape index (κ3) is 21.6. The quantitative estimate of drug-likeness (QED) is 0.131. The average Bonchev–Trinajstić information content (AvgIpc) is 2.62. The van der Waals surface area contributed by atoms with Gasteiger partial charge in [-0.2, -0.15) is 0 Å². The van der Waals surface area contributed by atoms with Gasteiger partial charge < -0.3 is 9.63 Å². The first-order valence-electron chi connectivity index (χ1n) is 11.1. The zero-order valence-corrected chi connectivity index (χ0v) is 18.7. The molecule has 0 rings (SSSR count). The number of hydrogen-bond donors (Lipinski definition) is 1. The van der Waals surface area contributed by atoms with Crippen LogP contribution in [0.25, 0.3) is 0 Å². The van der Waals surface area contributed by atoms with E-state index in [1.54, 1.807) is 0 Å². The van der Waals surface area contributed by atoms with Crippen molar-refractivity contribution in [2.45, 2.75) is 103 Å². The number of carbonyl (C=O) groups is 1. The second-order valence-electron chi connectivity index (χ2n) is 7.65. The highest BCUT2D eigenvalue weighted by atomic mass is 31.2. The fourth-order valence-corrected chi connectivity index (χ4v) is 4.21. The van der Waals surface area contributed by atoms with Crippen molar-refractivity contribution in [1.29, 1.82) is 0 Å². The van der Waals surface area contributed by atoms with Crippen LogP contribution in [0, 0.1) is 0 Å². The molecular formula is C22H43O4P. The van der Waals surface area contributed by atoms with Gasteiger partial charge in [0.15, 0.2) is 0 Å². The van der Waals surface area contributed by atoms with Crippen LogP contribution in [-0.4, -0.2) is 30.5 Å². The Morgan fingerprint density at radius 1 is 0.852 bits per heavy atom. The lowest BCUT2D eigenvalue weighted by molar-refractivity contribution is -0.136. The highest BCUT2D eigenvalue weighted by Crippen LogP contribution is 2.43. The van der Waals surface area contributed by atoms with Crippen LogP contribution in [0.15, 0.2) is 12.2 Å². The van der Waals surface area contributed by atoms with Gasteiger partial charge in [0.1, 0.15) is 0 Å². The van der Waals surface area contributed by atoms with Crippen LogP contribution in [0.1, 0.15) is 103 Å². The molecule has 0 aromatic carbocycles. The number of hydrogen-bond acceptors (Lipinski definition) is 3. The molecule has 4 nitrogen and oxygen atoms in total. The first kappa shape index (κ1) is 26.4. The Morgan fingerprint density at radius 2 is 1.33 bits per heavy atom. The van der Waals surface area contributed by atoms with E-state index in [1.165, 1.54) is 83.7 Å². The van der Waals surface area contributed by atoms with Gasteiger partial charge in [-0.25, -0.2) is 0 Å². The smallest absolute Gasteiger partial charge is 0.303 e. The summed E-state index contributed by atoms with van der Waals surface area (Å²) in [6.45, 7) is 4.28. The van der Waals surface area contributed by atoms with Crippen molar-refractivity contribution in [3.8, 4) is 0 Å². The van der Waals surface area contributed by atoms with E-state index in [2.05, 4.69) is 19.1 Å². The summed E-state index contributed by atoms with van der Waals surface area (Å²) in [5.41, 5.74) is 0. The Hall–Kier alpha value is -0.600. The maximum absolute atomic E-state index is 12.0. The Morgan fingerprint density at radius 3 is 1.85 bits per heavy atom. The molecular weight excluding hydrogens is 359 g/mol. The Bertz CT molecular complexity index is 421. The van der Waals surface area contributed by atoms with Gasteiger partial charge in [-0.15, -0.1) is 0 Å². The first-order valence-corrected chi connectivity index (χ1v) is 13.3. The molecule has 0 aliphatic heterocycles. The Labute approximate surface area is 167 Å². The van der Waals surface area contributed by atoms with Gasteiger partial charge >= 0.3 is 5.97 Å². The van der Waals surface area contributed by atoms with Crippen LogP contribution in [0.3, 0.4) is 0 Å². The minimum atomic E-state index is -2.72. The summed E-state index contributed by atoms with van der Waals surface area (Å²) in [5.74, 6) is -0.919. The van der Waals surface area contributed by atoms with Gasteiger partial charge in [0.25, 0.3) is 0 Å². The van der Waals surface area contributed by atoms with E-state index < -0.39 is 13.3 Å². The monoisotopic (exact) mass is 402 g/mol. The fraction of sp³-hybridized carbons (Fsp3) is 0.864. The number of rotatable bonds is 20. The molecule has 1 N–H and O–H groups in total. The van der Waals surface area contributed by atoms with Crippen LogP contribution in [-0.2, 0) is 13.9 Å². The Kier molecular flexibility index (Phi) is 18.3. The molecule has 1 atom stereocenters. The molecule has 0 amide bonds. The van der Waals surface area contributed by atoms with E-state index in [0.29, 0.717) is 6.61 Å². The van der Waals surface area contributed by atoms with Gasteiger partial charge in [-0.1, -0.05) is 76.9 Å². The number of carboxylic acids is 1. The summed E-state index contributed by atoms with van der Waals surface area (Å²) < 4.78 is 17.4. The van der Waals surface area contributed by atoms with Crippen molar-refractivity contribution in [2.75, 3.05) is 19.4 Å². The van der Waals surface area contributed by atoms with Crippen molar-refractivity contribution >= 4 is 13.3 Å². The number of allylic oxidation sites excluding steroid dienone is 2. The SMILES string of the molecule is CCCCCCCC/C=C/CCCCCCCCOP(C)(=O)CCC(=O)O. The highest BCUT2D eigenvalue weighted by Gasteiger charge is 2.17. The van der Waals surface area contributed by atoms with Crippen LogP contribution < -0.4 is 0 Å². The molecule has 27 heavy (non-hydrogen) atoms. The van der Waals surface area contributed by atoms with Gasteiger partial charge in [-0.05, 0) is 32.1 Å². The minimum absolute atomic E-state index is 0.0822. The standard InChI is InChI=1S/C22H43O4P/c1-3-4-5-6-7-8-9-10-11-12-13-14-15-16-17-18-20-26-27(2,25)21-19-22(23)24/h10-11H,3-9,12-21H2,1-2H3,(H,23,24)/b11-10+. The number of unbranched alkanes of at least 4 members (excludes halogenated alkanes) is 12. The highest BCUT2D eigenvalue weighted by molar-refractivity contribution is 7.58. The van der Waals surface area contributed by atoms with E-state index in [4.69, 9.17) is 9.63 Å². The molecule has 0 spiro atoms. The van der Waals surface area contributed by atoms with Crippen molar-refractivity contribution in [2.24, 2.45) is 0 Å². The Balaban J connectivity index is 3.30. The van der Waals surface area contributed by atoms with Crippen LogP contribution in [0.4, 0.5) is 0 Å². The lowest BCUT2D eigenvalue weighted by Crippen LogP contribution is -2.02. The van der Waals surface area contributed by atoms with Crippen LogP contribution in [0.2, 0.25) is 0 Å². The first-order chi connectivity index (χ1) is 13.0. The molecule has 0 aliphatic carbocycles. The van der Waals surface area contributed by atoms with Crippen molar-refractivity contribution < 1.29 is 19.0 Å². The van der Waals surface area contributed by atoms with E-state index in [-0.39, 0.29) is 12.6 Å². The summed E-state index contributed by atoms with van der Waals surface area (Å²) >= 11 is 0. The average molecular weight is 403 g/mol. The molecule has 5 heteroatoms. The molecule has 0 bridgehead atoms. The number of carboxylic acid groups (broad SMARTS) is 1. The largest absolute Gasteiger partial charge is 0.481 e. The maximum Gasteiger partial charge on any atom is 0.303 e. The molecule has 0 heterocycles. The zero-order chi connectivity index (χ0) is 20.2. The second-order valence-corrected chi connectivity index (χ2v) is 10.4. The molecule has 0 fully saturated rings. The van der Waals surface area contributed by atoms with Gasteiger partial charge in [0, 0.05) is 12.8 Å². The zero-order valence-electron chi connectivity index (χ0n) is 17.8. The minimum Gasteiger partial charge on any atom is -0.481 e. The number of aliphatic carboxylic acids is 1. The molecule has 0 saturated carbocycles. The van der Waals surface area contributed by atoms with E-state index in [0.717, 1.165) is 12.8 Å². The van der Waals surface area contributed by atoms with Crippen molar-refractivity contribution in [3.05, 3.63) is 12.2 Å². The molecule has 0 aromatic heterocycles. The normalized spacial score (nSPS) is 13.9. The van der Waals surface area contributed by atoms with Crippen molar-refractivity contribution in [3.63, 3.8) is 0 Å². The van der Waals surface area contributed by atoms with Gasteiger partial charge in [0.05, 0.1) is 13.0 Å². The predicted octanol–water partition coefficient (Wildman–Crippen LogP) is 7.42. The topological polar surface area (TPSA) is 63.6 Å². The summed E-state index contributed by atoms with van der Waals surface area (Å²) in [5, 5.41) is 8.62. The molecule has 1 unspecified atom stereocenters. The molecule has 0 radical (unpaired) electrons. The maximum atomic E-state index is 12.0. The summed E-state index contributed by atoms with van der Waals surface area (Å²) in [4.78, 5) is 10.5. The van der Waals surface area contributed by atoms with E-state index >= 15 is 0 Å². The molecule has 160 valence electrons. The van der Waals surface area contributed by atoms with Crippen molar-refractivity contribution in [1.82, 2.24) is 0 Å². The molecule has 0 aromatic rings. The van der Waals surface area contributed by atoms with E-state index in [9.17, 15) is 9.36 Å². The van der Waals surface area contributed by atoms with E-state index in [1.807, 2.05) is 0 Å². The summed E-state index contributed by atoms with van der Waals surface area (Å²) in [7, 11) is -2.72.